The Balaban J connectivity index is 2.69. The molecule has 96 valence electrons. The van der Waals surface area contributed by atoms with Crippen molar-refractivity contribution in [2.75, 3.05) is 0 Å². The molecule has 3 nitrogen and oxygen atoms in total. The minimum atomic E-state index is -0.979. The molecule has 1 rings (SSSR count). The van der Waals surface area contributed by atoms with Gasteiger partial charge < -0.3 is 5.32 Å². The van der Waals surface area contributed by atoms with Gasteiger partial charge in [-0.15, -0.1) is 0 Å². The summed E-state index contributed by atoms with van der Waals surface area (Å²) in [6, 6.07) is 8.12. The molecule has 1 N–H and O–H groups in total. The van der Waals surface area contributed by atoms with Gasteiger partial charge in [-0.1, -0.05) is 26.0 Å². The molecule has 0 atom stereocenters. The maximum absolute atomic E-state index is 13.0. The Bertz CT molecular complexity index is 461. The van der Waals surface area contributed by atoms with Crippen molar-refractivity contribution in [2.24, 2.45) is 5.41 Å². The number of nitriles is 1. The Kier molecular flexibility index (Phi) is 4.85. The highest BCUT2D eigenvalue weighted by atomic mass is 19.1. The van der Waals surface area contributed by atoms with E-state index in [2.05, 4.69) is 11.4 Å². The summed E-state index contributed by atoms with van der Waals surface area (Å²) in [5.74, 6) is -0.626. The first-order valence-electron chi connectivity index (χ1n) is 6.02. The molecule has 0 aliphatic rings. The van der Waals surface area contributed by atoms with Crippen LogP contribution in [0, 0.1) is 22.6 Å². The van der Waals surface area contributed by atoms with Gasteiger partial charge in [0.15, 0.2) is 0 Å². The van der Waals surface area contributed by atoms with Gasteiger partial charge in [-0.2, -0.15) is 5.26 Å². The fourth-order valence-electron chi connectivity index (χ4n) is 1.78. The van der Waals surface area contributed by atoms with Crippen LogP contribution in [-0.2, 0) is 11.3 Å². The summed E-state index contributed by atoms with van der Waals surface area (Å²) in [6.45, 7) is 3.86. The molecule has 0 spiro atoms. The van der Waals surface area contributed by atoms with Gasteiger partial charge in [0, 0.05) is 6.54 Å². The van der Waals surface area contributed by atoms with E-state index in [1.54, 1.807) is 12.1 Å². The second-order valence-electron chi connectivity index (χ2n) is 4.21. The zero-order valence-electron chi connectivity index (χ0n) is 10.7. The Labute approximate surface area is 107 Å². The number of hydrogen-bond acceptors (Lipinski definition) is 2. The molecule has 0 radical (unpaired) electrons. The maximum atomic E-state index is 13.0. The summed E-state index contributed by atoms with van der Waals surface area (Å²) in [5.41, 5.74) is -0.296. The molecule has 0 aromatic heterocycles. The maximum Gasteiger partial charge on any atom is 0.240 e. The number of benzene rings is 1. The van der Waals surface area contributed by atoms with Crippen LogP contribution in [0.15, 0.2) is 24.3 Å². The number of carbonyl (C=O) groups is 1. The van der Waals surface area contributed by atoms with Gasteiger partial charge in [0.1, 0.15) is 11.2 Å². The SMILES string of the molecule is CCC(C#N)(CC)C(=O)NCc1cccc(F)c1. The van der Waals surface area contributed by atoms with Gasteiger partial charge in [-0.25, -0.2) is 4.39 Å². The predicted molar refractivity (Wildman–Crippen MR) is 66.9 cm³/mol. The van der Waals surface area contributed by atoms with Crippen molar-refractivity contribution in [1.29, 1.82) is 5.26 Å². The van der Waals surface area contributed by atoms with E-state index in [9.17, 15) is 9.18 Å². The third-order valence-electron chi connectivity index (χ3n) is 3.20. The van der Waals surface area contributed by atoms with E-state index in [1.165, 1.54) is 12.1 Å². The van der Waals surface area contributed by atoms with E-state index in [1.807, 2.05) is 13.8 Å². The Hall–Kier alpha value is -1.89. The lowest BCUT2D eigenvalue weighted by Crippen LogP contribution is -2.39. The van der Waals surface area contributed by atoms with E-state index >= 15 is 0 Å². The molecule has 0 fully saturated rings. The summed E-state index contributed by atoms with van der Waals surface area (Å²) in [5, 5.41) is 11.8. The number of nitrogens with zero attached hydrogens (tertiary/aromatic N) is 1. The number of hydrogen-bond donors (Lipinski definition) is 1. The van der Waals surface area contributed by atoms with E-state index in [0.29, 0.717) is 18.4 Å². The molecule has 1 aromatic rings. The van der Waals surface area contributed by atoms with Crippen molar-refractivity contribution < 1.29 is 9.18 Å². The normalized spacial score (nSPS) is 10.8. The predicted octanol–water partition coefficient (Wildman–Crippen LogP) is 2.77. The van der Waals surface area contributed by atoms with E-state index in [4.69, 9.17) is 5.26 Å². The highest BCUT2D eigenvalue weighted by Crippen LogP contribution is 2.25. The molecular weight excluding hydrogens is 231 g/mol. The molecule has 0 saturated carbocycles. The quantitative estimate of drug-likeness (QED) is 0.871. The van der Waals surface area contributed by atoms with Crippen molar-refractivity contribution in [2.45, 2.75) is 33.2 Å². The van der Waals surface area contributed by atoms with Crippen LogP contribution in [0.5, 0.6) is 0 Å². The molecule has 4 heteroatoms. The van der Waals surface area contributed by atoms with E-state index in [-0.39, 0.29) is 18.3 Å². The number of carbonyl (C=O) groups excluding carboxylic acids is 1. The Morgan fingerprint density at radius 1 is 1.44 bits per heavy atom. The molecule has 0 heterocycles. The Morgan fingerprint density at radius 3 is 2.61 bits per heavy atom. The molecule has 1 aromatic carbocycles. The van der Waals surface area contributed by atoms with Gasteiger partial charge in [0.25, 0.3) is 0 Å². The number of amides is 1. The average molecular weight is 248 g/mol. The molecule has 0 aliphatic heterocycles. The number of nitrogens with one attached hydrogen (secondary N) is 1. The summed E-state index contributed by atoms with van der Waals surface area (Å²) in [6.07, 6.45) is 0.934. The zero-order chi connectivity index (χ0) is 13.6. The highest BCUT2D eigenvalue weighted by Gasteiger charge is 2.34. The molecule has 0 aliphatic carbocycles. The van der Waals surface area contributed by atoms with Gasteiger partial charge in [-0.05, 0) is 30.5 Å². The summed E-state index contributed by atoms with van der Waals surface area (Å²) in [7, 11) is 0. The molecule has 0 unspecified atom stereocenters. The van der Waals surface area contributed by atoms with Crippen molar-refractivity contribution in [3.8, 4) is 6.07 Å². The van der Waals surface area contributed by atoms with Gasteiger partial charge in [0.2, 0.25) is 5.91 Å². The zero-order valence-corrected chi connectivity index (χ0v) is 10.7. The second kappa shape index (κ2) is 6.15. The minimum absolute atomic E-state index is 0.236. The van der Waals surface area contributed by atoms with E-state index < -0.39 is 5.41 Å². The van der Waals surface area contributed by atoms with Gasteiger partial charge >= 0.3 is 0 Å². The first-order valence-corrected chi connectivity index (χ1v) is 6.02. The monoisotopic (exact) mass is 248 g/mol. The van der Waals surface area contributed by atoms with Crippen LogP contribution in [0.2, 0.25) is 0 Å². The smallest absolute Gasteiger partial charge is 0.240 e. The summed E-state index contributed by atoms with van der Waals surface area (Å²) < 4.78 is 13.0. The Morgan fingerprint density at radius 2 is 2.11 bits per heavy atom. The lowest BCUT2D eigenvalue weighted by molar-refractivity contribution is -0.128. The topological polar surface area (TPSA) is 52.9 Å². The fourth-order valence-corrected chi connectivity index (χ4v) is 1.78. The molecule has 0 saturated heterocycles. The molecule has 1 amide bonds. The number of halogens is 1. The van der Waals surface area contributed by atoms with Gasteiger partial charge in [-0.3, -0.25) is 4.79 Å². The third kappa shape index (κ3) is 3.07. The van der Waals surface area contributed by atoms with Crippen molar-refractivity contribution >= 4 is 5.91 Å². The first kappa shape index (κ1) is 14.2. The van der Waals surface area contributed by atoms with Crippen molar-refractivity contribution in [1.82, 2.24) is 5.32 Å². The first-order chi connectivity index (χ1) is 8.57. The molecular formula is C14H17FN2O. The van der Waals surface area contributed by atoms with Crippen molar-refractivity contribution in [3.05, 3.63) is 35.6 Å². The van der Waals surface area contributed by atoms with Crippen LogP contribution in [0.1, 0.15) is 32.3 Å². The molecule has 18 heavy (non-hydrogen) atoms. The average Bonchev–Trinajstić information content (AvgIpc) is 2.39. The summed E-state index contributed by atoms with van der Waals surface area (Å²) >= 11 is 0. The lowest BCUT2D eigenvalue weighted by atomic mass is 9.83. The summed E-state index contributed by atoms with van der Waals surface area (Å²) in [4.78, 5) is 12.0. The minimum Gasteiger partial charge on any atom is -0.351 e. The van der Waals surface area contributed by atoms with Crippen LogP contribution in [0.4, 0.5) is 4.39 Å². The van der Waals surface area contributed by atoms with E-state index in [0.717, 1.165) is 0 Å². The van der Waals surface area contributed by atoms with Crippen LogP contribution in [0.3, 0.4) is 0 Å². The standard InChI is InChI=1S/C14H17FN2O/c1-3-14(4-2,10-16)13(18)17-9-11-6-5-7-12(15)8-11/h5-8H,3-4,9H2,1-2H3,(H,17,18). The van der Waals surface area contributed by atoms with Crippen LogP contribution >= 0.6 is 0 Å². The highest BCUT2D eigenvalue weighted by molar-refractivity contribution is 5.85. The third-order valence-corrected chi connectivity index (χ3v) is 3.20. The van der Waals surface area contributed by atoms with Gasteiger partial charge in [0.05, 0.1) is 6.07 Å². The largest absolute Gasteiger partial charge is 0.351 e. The van der Waals surface area contributed by atoms with Crippen LogP contribution in [0.25, 0.3) is 0 Å². The second-order valence-corrected chi connectivity index (χ2v) is 4.21. The fraction of sp³-hybridized carbons (Fsp3) is 0.429. The number of rotatable bonds is 5. The van der Waals surface area contributed by atoms with Crippen LogP contribution in [-0.4, -0.2) is 5.91 Å². The van der Waals surface area contributed by atoms with Crippen molar-refractivity contribution in [3.63, 3.8) is 0 Å². The molecule has 0 bridgehead atoms. The lowest BCUT2D eigenvalue weighted by Gasteiger charge is -2.22. The van der Waals surface area contributed by atoms with Crippen LogP contribution < -0.4 is 5.32 Å².